The number of nitrogens with one attached hydrogen (secondary N) is 1. The highest BCUT2D eigenvalue weighted by Crippen LogP contribution is 2.41. The van der Waals surface area contributed by atoms with Gasteiger partial charge in [-0.15, -0.1) is 0 Å². The van der Waals surface area contributed by atoms with E-state index in [1.807, 2.05) is 13.8 Å². The second-order valence-corrected chi connectivity index (χ2v) is 7.88. The van der Waals surface area contributed by atoms with Gasteiger partial charge in [-0.3, -0.25) is 0 Å². The maximum Gasteiger partial charge on any atom is 0.241 e. The quantitative estimate of drug-likeness (QED) is 0.734. The first kappa shape index (κ1) is 15.3. The molecule has 2 atom stereocenters. The first-order chi connectivity index (χ1) is 9.05. The summed E-state index contributed by atoms with van der Waals surface area (Å²) in [5.41, 5.74) is 7.10. The molecular weight excluding hydrogens is 276 g/mol. The molecule has 0 bridgehead atoms. The molecule has 0 aromatic heterocycles. The highest BCUT2D eigenvalue weighted by Gasteiger charge is 2.49. The van der Waals surface area contributed by atoms with Crippen molar-refractivity contribution in [1.29, 1.82) is 0 Å². The third kappa shape index (κ3) is 2.43. The smallest absolute Gasteiger partial charge is 0.241 e. The minimum atomic E-state index is -3.61. The molecule has 20 heavy (non-hydrogen) atoms. The number of hydrogen-bond acceptors (Lipinski definition) is 4. The lowest BCUT2D eigenvalue weighted by atomic mass is 9.65. The Labute approximate surface area is 120 Å². The fraction of sp³-hybridized carbons (Fsp3) is 0.571. The number of nitrogens with two attached hydrogens (primary N) is 1. The molecule has 112 valence electrons. The largest absolute Gasteiger partial charge is 0.399 e. The Hall–Kier alpha value is -1.11. The van der Waals surface area contributed by atoms with Gasteiger partial charge >= 0.3 is 0 Å². The van der Waals surface area contributed by atoms with E-state index in [1.54, 1.807) is 26.0 Å². The molecule has 1 aromatic carbocycles. The number of rotatable bonds is 3. The van der Waals surface area contributed by atoms with Crippen LogP contribution in [0.15, 0.2) is 17.0 Å². The van der Waals surface area contributed by atoms with Crippen molar-refractivity contribution in [2.24, 2.45) is 5.41 Å². The zero-order valence-corrected chi connectivity index (χ0v) is 13.1. The van der Waals surface area contributed by atoms with Gasteiger partial charge in [-0.05, 0) is 43.5 Å². The van der Waals surface area contributed by atoms with Crippen molar-refractivity contribution < 1.29 is 13.5 Å². The minimum absolute atomic E-state index is 0.251. The highest BCUT2D eigenvalue weighted by atomic mass is 32.2. The molecule has 2 rings (SSSR count). The Morgan fingerprint density at radius 2 is 1.80 bits per heavy atom. The SMILES string of the molecule is Cc1cc(N)cc(C)c1S(=O)(=O)NC1CC(O)C1(C)C. The van der Waals surface area contributed by atoms with Gasteiger partial charge < -0.3 is 10.8 Å². The summed E-state index contributed by atoms with van der Waals surface area (Å²) < 4.78 is 27.8. The van der Waals surface area contributed by atoms with Gasteiger partial charge in [0.2, 0.25) is 10.0 Å². The lowest BCUT2D eigenvalue weighted by molar-refractivity contribution is -0.0645. The van der Waals surface area contributed by atoms with E-state index in [-0.39, 0.29) is 10.9 Å². The average Bonchev–Trinajstić information content (AvgIpc) is 2.26. The predicted octanol–water partition coefficient (Wildman–Crippen LogP) is 1.32. The number of sulfonamides is 1. The summed E-state index contributed by atoms with van der Waals surface area (Å²) in [6, 6.07) is 3.06. The van der Waals surface area contributed by atoms with Crippen LogP contribution in [0.5, 0.6) is 0 Å². The van der Waals surface area contributed by atoms with Crippen LogP contribution in [0.1, 0.15) is 31.4 Å². The number of benzene rings is 1. The predicted molar refractivity (Wildman–Crippen MR) is 78.8 cm³/mol. The van der Waals surface area contributed by atoms with Gasteiger partial charge in [-0.2, -0.15) is 0 Å². The van der Waals surface area contributed by atoms with E-state index in [0.29, 0.717) is 23.2 Å². The summed E-state index contributed by atoms with van der Waals surface area (Å²) in [5, 5.41) is 9.71. The van der Waals surface area contributed by atoms with Crippen molar-refractivity contribution >= 4 is 15.7 Å². The summed E-state index contributed by atoms with van der Waals surface area (Å²) in [5.74, 6) is 0. The summed E-state index contributed by atoms with van der Waals surface area (Å²) in [6.45, 7) is 7.19. The van der Waals surface area contributed by atoms with Gasteiger partial charge in [0.1, 0.15) is 0 Å². The molecule has 1 aromatic rings. The van der Waals surface area contributed by atoms with Crippen molar-refractivity contribution in [3.8, 4) is 0 Å². The van der Waals surface area contributed by atoms with Gasteiger partial charge in [0.05, 0.1) is 11.0 Å². The van der Waals surface area contributed by atoms with Crippen LogP contribution in [-0.4, -0.2) is 25.7 Å². The molecule has 1 aliphatic carbocycles. The van der Waals surface area contributed by atoms with Crippen LogP contribution in [0.2, 0.25) is 0 Å². The maximum absolute atomic E-state index is 12.5. The normalized spacial score (nSPS) is 25.2. The first-order valence-corrected chi connectivity index (χ1v) is 8.11. The van der Waals surface area contributed by atoms with E-state index in [9.17, 15) is 13.5 Å². The van der Waals surface area contributed by atoms with Gasteiger partial charge in [0, 0.05) is 17.1 Å². The molecule has 0 radical (unpaired) electrons. The molecule has 0 amide bonds. The fourth-order valence-corrected chi connectivity index (χ4v) is 4.61. The lowest BCUT2D eigenvalue weighted by Gasteiger charge is -2.49. The van der Waals surface area contributed by atoms with Gasteiger partial charge in [0.25, 0.3) is 0 Å². The second-order valence-electron chi connectivity index (χ2n) is 6.23. The van der Waals surface area contributed by atoms with Crippen molar-refractivity contribution in [3.63, 3.8) is 0 Å². The van der Waals surface area contributed by atoms with Crippen molar-refractivity contribution in [3.05, 3.63) is 23.3 Å². The maximum atomic E-state index is 12.5. The number of nitrogen functional groups attached to an aromatic ring is 1. The number of aliphatic hydroxyl groups is 1. The lowest BCUT2D eigenvalue weighted by Crippen LogP contribution is -2.61. The topological polar surface area (TPSA) is 92.4 Å². The fourth-order valence-electron chi connectivity index (χ4n) is 2.76. The Morgan fingerprint density at radius 1 is 1.30 bits per heavy atom. The van der Waals surface area contributed by atoms with Crippen molar-refractivity contribution in [1.82, 2.24) is 4.72 Å². The van der Waals surface area contributed by atoms with Crippen molar-refractivity contribution in [2.45, 2.75) is 51.2 Å². The third-order valence-electron chi connectivity index (χ3n) is 4.26. The van der Waals surface area contributed by atoms with E-state index in [1.165, 1.54) is 0 Å². The zero-order chi connectivity index (χ0) is 15.3. The van der Waals surface area contributed by atoms with Crippen LogP contribution in [0.25, 0.3) is 0 Å². The number of aliphatic hydroxyl groups excluding tert-OH is 1. The molecular formula is C14H22N2O3S. The van der Waals surface area contributed by atoms with Crippen LogP contribution in [-0.2, 0) is 10.0 Å². The summed E-state index contributed by atoms with van der Waals surface area (Å²) >= 11 is 0. The molecule has 0 spiro atoms. The van der Waals surface area contributed by atoms with Gasteiger partial charge in [-0.25, -0.2) is 13.1 Å². The summed E-state index contributed by atoms with van der Waals surface area (Å²) in [6.07, 6.45) is -0.0249. The molecule has 6 heteroatoms. The molecule has 2 unspecified atom stereocenters. The van der Waals surface area contributed by atoms with E-state index >= 15 is 0 Å². The second kappa shape index (κ2) is 4.72. The third-order valence-corrected chi connectivity index (χ3v) is 6.04. The molecule has 1 saturated carbocycles. The van der Waals surface area contributed by atoms with Gasteiger partial charge in [-0.1, -0.05) is 13.8 Å². The summed E-state index contributed by atoms with van der Waals surface area (Å²) in [7, 11) is -3.61. The number of aryl methyl sites for hydroxylation is 2. The minimum Gasteiger partial charge on any atom is -0.399 e. The van der Waals surface area contributed by atoms with Crippen LogP contribution < -0.4 is 10.5 Å². The van der Waals surface area contributed by atoms with Crippen molar-refractivity contribution in [2.75, 3.05) is 5.73 Å². The molecule has 5 nitrogen and oxygen atoms in total. The van der Waals surface area contributed by atoms with E-state index < -0.39 is 21.5 Å². The van der Waals surface area contributed by atoms with Crippen LogP contribution in [0.4, 0.5) is 5.69 Å². The molecule has 1 aliphatic rings. The Bertz CT molecular complexity index is 615. The van der Waals surface area contributed by atoms with Crippen LogP contribution >= 0.6 is 0 Å². The standard InChI is InChI=1S/C14H22N2O3S/c1-8-5-10(15)6-9(2)13(8)20(18,19)16-11-7-12(17)14(11,3)4/h5-6,11-12,16-17H,7,15H2,1-4H3. The molecule has 0 aliphatic heterocycles. The average molecular weight is 298 g/mol. The molecule has 1 fully saturated rings. The Kier molecular flexibility index (Phi) is 3.60. The Morgan fingerprint density at radius 3 is 2.20 bits per heavy atom. The summed E-state index contributed by atoms with van der Waals surface area (Å²) in [4.78, 5) is 0.281. The molecule has 0 saturated heterocycles. The van der Waals surface area contributed by atoms with Crippen LogP contribution in [0, 0.1) is 19.3 Å². The van der Waals surface area contributed by atoms with E-state index in [4.69, 9.17) is 5.73 Å². The van der Waals surface area contributed by atoms with Crippen LogP contribution in [0.3, 0.4) is 0 Å². The Balaban J connectivity index is 2.33. The molecule has 0 heterocycles. The highest BCUT2D eigenvalue weighted by molar-refractivity contribution is 7.89. The number of anilines is 1. The molecule has 4 N–H and O–H groups in total. The van der Waals surface area contributed by atoms with E-state index in [2.05, 4.69) is 4.72 Å². The van der Waals surface area contributed by atoms with E-state index in [0.717, 1.165) is 0 Å². The van der Waals surface area contributed by atoms with Gasteiger partial charge in [0.15, 0.2) is 0 Å². The first-order valence-electron chi connectivity index (χ1n) is 6.63. The monoisotopic (exact) mass is 298 g/mol. The zero-order valence-electron chi connectivity index (χ0n) is 12.3. The number of hydrogen-bond donors (Lipinski definition) is 3.